The highest BCUT2D eigenvalue weighted by atomic mass is 79.9. The molecule has 0 atom stereocenters. The van der Waals surface area contributed by atoms with E-state index in [2.05, 4.69) is 20.7 Å². The summed E-state index contributed by atoms with van der Waals surface area (Å²) in [6.45, 7) is 0.528. The van der Waals surface area contributed by atoms with Crippen LogP contribution in [0.1, 0.15) is 11.3 Å². The lowest BCUT2D eigenvalue weighted by molar-refractivity contribution is 0.185. The van der Waals surface area contributed by atoms with Crippen molar-refractivity contribution in [3.63, 3.8) is 0 Å². The van der Waals surface area contributed by atoms with Crippen molar-refractivity contribution >= 4 is 31.6 Å². The third-order valence-corrected chi connectivity index (χ3v) is 4.93. The minimum absolute atomic E-state index is 0.0140. The summed E-state index contributed by atoms with van der Waals surface area (Å²) in [5.74, 6) is 0.385. The highest BCUT2D eigenvalue weighted by molar-refractivity contribution is 9.10. The van der Waals surface area contributed by atoms with Gasteiger partial charge in [-0.1, -0.05) is 12.1 Å². The van der Waals surface area contributed by atoms with Crippen LogP contribution in [0.5, 0.6) is 0 Å². The van der Waals surface area contributed by atoms with Crippen LogP contribution < -0.4 is 10.5 Å². The van der Waals surface area contributed by atoms with Gasteiger partial charge in [0.25, 0.3) is 10.0 Å². The third kappa shape index (κ3) is 3.85. The molecule has 6 nitrogen and oxygen atoms in total. The number of hydrogen-bond donors (Lipinski definition) is 2. The topological polar surface area (TPSA) is 94.6 Å². The molecule has 1 heterocycles. The fourth-order valence-corrected chi connectivity index (χ4v) is 3.83. The number of anilines is 1. The Morgan fingerprint density at radius 2 is 2.14 bits per heavy atom. The van der Waals surface area contributed by atoms with Crippen LogP contribution in [0.25, 0.3) is 0 Å². The van der Waals surface area contributed by atoms with Crippen LogP contribution in [0.2, 0.25) is 0 Å². The predicted octanol–water partition coefficient (Wildman–Crippen LogP) is 2.45. The zero-order chi connectivity index (χ0) is 15.5. The van der Waals surface area contributed by atoms with E-state index in [0.29, 0.717) is 18.1 Å². The quantitative estimate of drug-likeness (QED) is 0.809. The Labute approximate surface area is 131 Å². The van der Waals surface area contributed by atoms with E-state index in [0.717, 1.165) is 5.56 Å². The van der Waals surface area contributed by atoms with Crippen LogP contribution in [-0.2, 0) is 27.9 Å². The molecule has 2 rings (SSSR count). The highest BCUT2D eigenvalue weighted by Crippen LogP contribution is 2.28. The molecule has 8 heteroatoms. The standard InChI is InChI=1S/C13H15BrN2O4S/c1-19-8-9-3-2-4-10(5-9)16-21(17,18)12-6-11(7-15)20-13(12)14/h2-6,16H,7-8,15H2,1H3. The molecule has 0 aliphatic heterocycles. The zero-order valence-electron chi connectivity index (χ0n) is 11.3. The first kappa shape index (κ1) is 16.0. The lowest BCUT2D eigenvalue weighted by Gasteiger charge is -2.08. The summed E-state index contributed by atoms with van der Waals surface area (Å²) in [5, 5.41) is 0. The van der Waals surface area contributed by atoms with E-state index in [1.807, 2.05) is 6.07 Å². The van der Waals surface area contributed by atoms with Gasteiger partial charge in [0.15, 0.2) is 4.67 Å². The molecule has 114 valence electrons. The number of halogens is 1. The number of nitrogens with two attached hydrogens (primary N) is 1. The smallest absolute Gasteiger partial charge is 0.266 e. The van der Waals surface area contributed by atoms with Crippen molar-refractivity contribution in [2.45, 2.75) is 18.0 Å². The second kappa shape index (κ2) is 6.61. The molecule has 0 amide bonds. The molecule has 0 spiro atoms. The second-order valence-electron chi connectivity index (χ2n) is 4.29. The van der Waals surface area contributed by atoms with Crippen LogP contribution >= 0.6 is 15.9 Å². The first-order chi connectivity index (χ1) is 9.96. The SMILES string of the molecule is COCc1cccc(NS(=O)(=O)c2cc(CN)oc2Br)c1. The van der Waals surface area contributed by atoms with Crippen molar-refractivity contribution in [2.24, 2.45) is 5.73 Å². The van der Waals surface area contributed by atoms with E-state index in [9.17, 15) is 8.42 Å². The summed E-state index contributed by atoms with van der Waals surface area (Å²) in [6, 6.07) is 8.36. The maximum atomic E-state index is 12.3. The monoisotopic (exact) mass is 374 g/mol. The minimum Gasteiger partial charge on any atom is -0.452 e. The van der Waals surface area contributed by atoms with Gasteiger partial charge in [0, 0.05) is 18.9 Å². The molecule has 0 fully saturated rings. The molecule has 3 N–H and O–H groups in total. The van der Waals surface area contributed by atoms with Gasteiger partial charge in [-0.05, 0) is 33.6 Å². The molecule has 0 bridgehead atoms. The summed E-state index contributed by atoms with van der Waals surface area (Å²) in [6.07, 6.45) is 0. The fraction of sp³-hybridized carbons (Fsp3) is 0.231. The number of methoxy groups -OCH3 is 1. The van der Waals surface area contributed by atoms with E-state index in [1.54, 1.807) is 25.3 Å². The predicted molar refractivity (Wildman–Crippen MR) is 82.3 cm³/mol. The number of nitrogens with one attached hydrogen (secondary N) is 1. The Balaban J connectivity index is 2.28. The normalized spacial score (nSPS) is 11.6. The van der Waals surface area contributed by atoms with Gasteiger partial charge in [-0.25, -0.2) is 8.42 Å². The van der Waals surface area contributed by atoms with Gasteiger partial charge >= 0.3 is 0 Å². The molecule has 0 aliphatic carbocycles. The summed E-state index contributed by atoms with van der Waals surface area (Å²) >= 11 is 3.09. The molecule has 0 saturated heterocycles. The second-order valence-corrected chi connectivity index (χ2v) is 6.66. The number of ether oxygens (including phenoxy) is 1. The Hall–Kier alpha value is -1.35. The van der Waals surface area contributed by atoms with Gasteiger partial charge in [-0.2, -0.15) is 0 Å². The van der Waals surface area contributed by atoms with Crippen LogP contribution in [0.15, 0.2) is 44.3 Å². The molecular weight excluding hydrogens is 360 g/mol. The maximum absolute atomic E-state index is 12.3. The van der Waals surface area contributed by atoms with Crippen molar-refractivity contribution in [3.8, 4) is 0 Å². The average Bonchev–Trinajstić information content (AvgIpc) is 2.81. The molecule has 21 heavy (non-hydrogen) atoms. The first-order valence-corrected chi connectivity index (χ1v) is 8.33. The number of rotatable bonds is 6. The Morgan fingerprint density at radius 3 is 2.76 bits per heavy atom. The zero-order valence-corrected chi connectivity index (χ0v) is 13.7. The molecule has 2 aromatic rings. The van der Waals surface area contributed by atoms with E-state index in [1.165, 1.54) is 6.07 Å². The van der Waals surface area contributed by atoms with Crippen molar-refractivity contribution in [2.75, 3.05) is 11.8 Å². The maximum Gasteiger partial charge on any atom is 0.266 e. The molecular formula is C13H15BrN2O4S. The van der Waals surface area contributed by atoms with Gasteiger partial charge < -0.3 is 14.9 Å². The first-order valence-electron chi connectivity index (χ1n) is 6.05. The molecule has 0 unspecified atom stereocenters. The van der Waals surface area contributed by atoms with Crippen LogP contribution in [-0.4, -0.2) is 15.5 Å². The van der Waals surface area contributed by atoms with Crippen LogP contribution in [0.4, 0.5) is 5.69 Å². The van der Waals surface area contributed by atoms with Gasteiger partial charge in [-0.3, -0.25) is 4.72 Å². The van der Waals surface area contributed by atoms with Gasteiger partial charge in [0.05, 0.1) is 13.2 Å². The van der Waals surface area contributed by atoms with E-state index < -0.39 is 10.0 Å². The lowest BCUT2D eigenvalue weighted by Crippen LogP contribution is -2.13. The van der Waals surface area contributed by atoms with Crippen molar-refractivity contribution in [1.29, 1.82) is 0 Å². The molecule has 0 aliphatic rings. The summed E-state index contributed by atoms with van der Waals surface area (Å²) < 4.78 is 37.5. The molecule has 0 radical (unpaired) electrons. The van der Waals surface area contributed by atoms with E-state index in [-0.39, 0.29) is 16.1 Å². The van der Waals surface area contributed by atoms with Gasteiger partial charge in [-0.15, -0.1) is 0 Å². The largest absolute Gasteiger partial charge is 0.452 e. The molecule has 0 saturated carbocycles. The number of benzene rings is 1. The Morgan fingerprint density at radius 1 is 1.38 bits per heavy atom. The van der Waals surface area contributed by atoms with Crippen LogP contribution in [0, 0.1) is 0 Å². The summed E-state index contributed by atoms with van der Waals surface area (Å²) in [5.41, 5.74) is 6.76. The van der Waals surface area contributed by atoms with Gasteiger partial charge in [0.2, 0.25) is 0 Å². The Kier molecular flexibility index (Phi) is 5.04. The van der Waals surface area contributed by atoms with Crippen molar-refractivity contribution in [3.05, 3.63) is 46.3 Å². The summed E-state index contributed by atoms with van der Waals surface area (Å²) in [7, 11) is -2.17. The number of hydrogen-bond acceptors (Lipinski definition) is 5. The number of sulfonamides is 1. The average molecular weight is 375 g/mol. The highest BCUT2D eigenvalue weighted by Gasteiger charge is 2.22. The number of furan rings is 1. The van der Waals surface area contributed by atoms with E-state index in [4.69, 9.17) is 14.9 Å². The summed E-state index contributed by atoms with van der Waals surface area (Å²) in [4.78, 5) is 0.0140. The Bertz CT molecular complexity index is 728. The van der Waals surface area contributed by atoms with Crippen molar-refractivity contribution < 1.29 is 17.6 Å². The van der Waals surface area contributed by atoms with Crippen LogP contribution in [0.3, 0.4) is 0 Å². The third-order valence-electron chi connectivity index (χ3n) is 2.69. The molecule has 1 aromatic heterocycles. The van der Waals surface area contributed by atoms with Crippen molar-refractivity contribution in [1.82, 2.24) is 0 Å². The van der Waals surface area contributed by atoms with E-state index >= 15 is 0 Å². The van der Waals surface area contributed by atoms with Gasteiger partial charge in [0.1, 0.15) is 10.7 Å². The molecule has 1 aromatic carbocycles. The lowest BCUT2D eigenvalue weighted by atomic mass is 10.2. The minimum atomic E-state index is -3.75. The fourth-order valence-electron chi connectivity index (χ4n) is 1.78.